The van der Waals surface area contributed by atoms with Gasteiger partial charge >= 0.3 is 5.97 Å². The number of nitrogens with one attached hydrogen (secondary N) is 1. The molecule has 6 nitrogen and oxygen atoms in total. The van der Waals surface area contributed by atoms with Crippen molar-refractivity contribution in [1.82, 2.24) is 9.88 Å². The Morgan fingerprint density at radius 1 is 0.968 bits per heavy atom. The van der Waals surface area contributed by atoms with Gasteiger partial charge in [0.2, 0.25) is 0 Å². The highest BCUT2D eigenvalue weighted by Gasteiger charge is 2.47. The fourth-order valence-electron chi connectivity index (χ4n) is 4.23. The van der Waals surface area contributed by atoms with Crippen LogP contribution in [0.1, 0.15) is 53.0 Å². The van der Waals surface area contributed by atoms with Crippen molar-refractivity contribution in [3.8, 4) is 0 Å². The van der Waals surface area contributed by atoms with Crippen molar-refractivity contribution in [2.24, 2.45) is 0 Å². The number of hydrogen-bond donors (Lipinski definition) is 1. The second-order valence-corrected chi connectivity index (χ2v) is 7.91. The van der Waals surface area contributed by atoms with Crippen molar-refractivity contribution < 1.29 is 19.1 Å². The molecule has 2 aromatic carbocycles. The van der Waals surface area contributed by atoms with E-state index in [1.165, 1.54) is 12.0 Å². The smallest absolute Gasteiger partial charge is 0.330 e. The van der Waals surface area contributed by atoms with Gasteiger partial charge in [0, 0.05) is 28.4 Å². The van der Waals surface area contributed by atoms with Crippen LogP contribution in [0.25, 0.3) is 10.9 Å². The molecule has 1 unspecified atom stereocenters. The molecule has 158 valence electrons. The molecule has 0 bridgehead atoms. The number of fused-ring (bicyclic) bond motifs is 2. The number of ether oxygens (including phenoxy) is 1. The molecule has 1 aromatic heterocycles. The average Bonchev–Trinajstić information content (AvgIpc) is 3.17. The van der Waals surface area contributed by atoms with E-state index in [4.69, 9.17) is 4.74 Å². The number of benzene rings is 2. The van der Waals surface area contributed by atoms with Gasteiger partial charge in [-0.15, -0.1) is 0 Å². The Balaban J connectivity index is 2.07. The van der Waals surface area contributed by atoms with E-state index in [-0.39, 0.29) is 17.3 Å². The minimum atomic E-state index is -1.13. The van der Waals surface area contributed by atoms with E-state index in [2.05, 4.69) is 4.98 Å². The van der Waals surface area contributed by atoms with Crippen molar-refractivity contribution in [2.45, 2.75) is 32.7 Å². The molecule has 0 saturated carbocycles. The number of para-hydroxylation sites is 1. The highest BCUT2D eigenvalue weighted by atomic mass is 16.5. The number of allylic oxidation sites excluding steroid dienone is 2. The highest BCUT2D eigenvalue weighted by Crippen LogP contribution is 2.39. The maximum atomic E-state index is 13.9. The number of hydrogen-bond acceptors (Lipinski definition) is 4. The summed E-state index contributed by atoms with van der Waals surface area (Å²) in [5, 5.41) is 0.830. The third-order valence-corrected chi connectivity index (χ3v) is 6.00. The summed E-state index contributed by atoms with van der Waals surface area (Å²) in [6, 6.07) is 13.2. The molecule has 0 saturated heterocycles. The molecule has 6 heteroatoms. The largest absolute Gasteiger partial charge is 0.467 e. The first-order chi connectivity index (χ1) is 14.9. The third kappa shape index (κ3) is 3.24. The molecule has 0 radical (unpaired) electrons. The molecule has 0 fully saturated rings. The number of ketones is 1. The zero-order chi connectivity index (χ0) is 22.3. The molecule has 1 aliphatic rings. The zero-order valence-corrected chi connectivity index (χ0v) is 17.9. The molecule has 3 aromatic rings. The average molecular weight is 416 g/mol. The Morgan fingerprint density at radius 2 is 1.61 bits per heavy atom. The molecule has 1 aliphatic heterocycles. The number of rotatable bonds is 3. The van der Waals surface area contributed by atoms with Crippen LogP contribution in [0.5, 0.6) is 0 Å². The molecule has 0 spiro atoms. The van der Waals surface area contributed by atoms with Crippen molar-refractivity contribution in [3.05, 3.63) is 82.7 Å². The first kappa shape index (κ1) is 20.6. The quantitative estimate of drug-likeness (QED) is 0.640. The number of carbonyl (C=O) groups excluding carboxylic acids is 3. The first-order valence-electron chi connectivity index (χ1n) is 10.1. The van der Waals surface area contributed by atoms with Gasteiger partial charge < -0.3 is 9.72 Å². The fraction of sp³-hybridized carbons (Fsp3) is 0.240. The normalized spacial score (nSPS) is 18.5. The van der Waals surface area contributed by atoms with Crippen LogP contribution < -0.4 is 0 Å². The maximum absolute atomic E-state index is 13.9. The van der Waals surface area contributed by atoms with E-state index in [0.29, 0.717) is 16.8 Å². The number of methoxy groups -OCH3 is 1. The Hall–Kier alpha value is -3.67. The Kier molecular flexibility index (Phi) is 5.23. The molecule has 4 rings (SSSR count). The SMILES string of the molecule is COC(=O)[C@@H]1C(c2c[nH]c3ccccc23)C(=O)c2ccccc2C(=O)N1C(C)=C(C)C. The standard InChI is InChI=1S/C25H24N2O4/c1-14(2)15(3)27-22(25(30)31-4)21(19-13-26-20-12-8-7-9-16(19)20)23(28)17-10-5-6-11-18(17)24(27)29/h5-13,21-22,26H,1-4H3/t21?,22-/m0/s1. The number of carbonyl (C=O) groups is 3. The van der Waals surface area contributed by atoms with E-state index in [1.807, 2.05) is 38.1 Å². The van der Waals surface area contributed by atoms with Gasteiger partial charge in [0.1, 0.15) is 6.04 Å². The molecular weight excluding hydrogens is 392 g/mol. The van der Waals surface area contributed by atoms with Crippen LogP contribution >= 0.6 is 0 Å². The monoisotopic (exact) mass is 416 g/mol. The van der Waals surface area contributed by atoms with Gasteiger partial charge in [0.05, 0.1) is 18.6 Å². The van der Waals surface area contributed by atoms with Crippen molar-refractivity contribution >= 4 is 28.6 Å². The van der Waals surface area contributed by atoms with Crippen molar-refractivity contribution in [2.75, 3.05) is 7.11 Å². The Bertz CT molecular complexity index is 1230. The molecular formula is C25H24N2O4. The van der Waals surface area contributed by atoms with Gasteiger partial charge in [-0.3, -0.25) is 14.5 Å². The summed E-state index contributed by atoms with van der Waals surface area (Å²) in [5.41, 5.74) is 3.59. The lowest BCUT2D eigenvalue weighted by molar-refractivity contribution is -0.145. The lowest BCUT2D eigenvalue weighted by Crippen LogP contribution is -2.48. The van der Waals surface area contributed by atoms with Crippen molar-refractivity contribution in [1.29, 1.82) is 0 Å². The molecule has 2 atom stereocenters. The van der Waals surface area contributed by atoms with Gasteiger partial charge in [0.15, 0.2) is 5.78 Å². The lowest BCUT2D eigenvalue weighted by Gasteiger charge is -2.33. The first-order valence-corrected chi connectivity index (χ1v) is 10.1. The summed E-state index contributed by atoms with van der Waals surface area (Å²) in [7, 11) is 1.28. The minimum Gasteiger partial charge on any atom is -0.467 e. The van der Waals surface area contributed by atoms with Crippen LogP contribution in [0, 0.1) is 0 Å². The van der Waals surface area contributed by atoms with Crippen LogP contribution in [0.4, 0.5) is 0 Å². The minimum absolute atomic E-state index is 0.282. The molecule has 31 heavy (non-hydrogen) atoms. The third-order valence-electron chi connectivity index (χ3n) is 6.00. The highest BCUT2D eigenvalue weighted by molar-refractivity contribution is 6.16. The van der Waals surface area contributed by atoms with E-state index < -0.39 is 17.9 Å². The second-order valence-electron chi connectivity index (χ2n) is 7.91. The lowest BCUT2D eigenvalue weighted by atomic mass is 9.84. The summed E-state index contributed by atoms with van der Waals surface area (Å²) in [5.74, 6) is -2.23. The predicted molar refractivity (Wildman–Crippen MR) is 118 cm³/mol. The maximum Gasteiger partial charge on any atom is 0.330 e. The van der Waals surface area contributed by atoms with Crippen LogP contribution in [-0.2, 0) is 9.53 Å². The van der Waals surface area contributed by atoms with E-state index >= 15 is 0 Å². The predicted octanol–water partition coefficient (Wildman–Crippen LogP) is 4.45. The topological polar surface area (TPSA) is 79.5 Å². The summed E-state index contributed by atoms with van der Waals surface area (Å²) in [6.07, 6.45) is 1.75. The van der Waals surface area contributed by atoms with Gasteiger partial charge in [-0.25, -0.2) is 4.79 Å². The molecule has 1 amide bonds. The van der Waals surface area contributed by atoms with Crippen LogP contribution in [-0.4, -0.2) is 40.7 Å². The fourth-order valence-corrected chi connectivity index (χ4v) is 4.23. The summed E-state index contributed by atoms with van der Waals surface area (Å²) in [4.78, 5) is 45.3. The summed E-state index contributed by atoms with van der Waals surface area (Å²) >= 11 is 0. The van der Waals surface area contributed by atoms with Crippen LogP contribution in [0.2, 0.25) is 0 Å². The Morgan fingerprint density at radius 3 is 2.29 bits per heavy atom. The molecule has 0 aliphatic carbocycles. The van der Waals surface area contributed by atoms with Crippen molar-refractivity contribution in [3.63, 3.8) is 0 Å². The summed E-state index contributed by atoms with van der Waals surface area (Å²) < 4.78 is 5.12. The zero-order valence-electron chi connectivity index (χ0n) is 17.9. The summed E-state index contributed by atoms with van der Waals surface area (Å²) in [6.45, 7) is 5.53. The van der Waals surface area contributed by atoms with Gasteiger partial charge in [-0.05, 0) is 38.5 Å². The number of Topliss-reactive ketones (excluding diaryl/α,β-unsaturated/α-hetero) is 1. The van der Waals surface area contributed by atoms with Gasteiger partial charge in [0.25, 0.3) is 5.91 Å². The van der Waals surface area contributed by atoms with Crippen LogP contribution in [0.15, 0.2) is 66.0 Å². The Labute approximate surface area is 180 Å². The van der Waals surface area contributed by atoms with Crippen LogP contribution in [0.3, 0.4) is 0 Å². The number of aromatic amines is 1. The van der Waals surface area contributed by atoms with E-state index in [1.54, 1.807) is 37.4 Å². The number of esters is 1. The number of nitrogens with zero attached hydrogens (tertiary/aromatic N) is 1. The number of H-pyrrole nitrogens is 1. The second kappa shape index (κ2) is 7.87. The number of aromatic nitrogens is 1. The number of amides is 1. The van der Waals surface area contributed by atoms with Gasteiger partial charge in [-0.2, -0.15) is 0 Å². The van der Waals surface area contributed by atoms with Gasteiger partial charge in [-0.1, -0.05) is 42.0 Å². The van der Waals surface area contributed by atoms with E-state index in [9.17, 15) is 14.4 Å². The van der Waals surface area contributed by atoms with E-state index in [0.717, 1.165) is 16.5 Å². The molecule has 1 N–H and O–H groups in total. The molecule has 2 heterocycles.